The number of methoxy groups -OCH3 is 1. The molecule has 0 N–H and O–H groups in total. The van der Waals surface area contributed by atoms with Crippen molar-refractivity contribution in [1.82, 2.24) is 4.31 Å². The lowest BCUT2D eigenvalue weighted by atomic mass is 9.96. The van der Waals surface area contributed by atoms with Gasteiger partial charge >= 0.3 is 0 Å². The second kappa shape index (κ2) is 8.28. The van der Waals surface area contributed by atoms with Gasteiger partial charge in [0.25, 0.3) is 0 Å². The van der Waals surface area contributed by atoms with Crippen LogP contribution in [0.15, 0.2) is 45.8 Å². The van der Waals surface area contributed by atoms with Crippen LogP contribution >= 0.6 is 15.9 Å². The lowest BCUT2D eigenvalue weighted by molar-refractivity contribution is -0.123. The third kappa shape index (κ3) is 3.86. The average molecular weight is 497 g/mol. The van der Waals surface area contributed by atoms with Gasteiger partial charge in [-0.3, -0.25) is 4.79 Å². The number of hydrogen-bond donors (Lipinski definition) is 0. The number of anilines is 1. The van der Waals surface area contributed by atoms with Crippen molar-refractivity contribution in [2.75, 3.05) is 31.6 Å². The minimum Gasteiger partial charge on any atom is -0.495 e. The number of sulfonamides is 1. The summed E-state index contributed by atoms with van der Waals surface area (Å²) in [5.74, 6) is -0.731. The molecule has 9 heteroatoms. The second-order valence-electron chi connectivity index (χ2n) is 7.49. The zero-order valence-electron chi connectivity index (χ0n) is 16.5. The number of halogens is 2. The number of fused-ring (bicyclic) bond motifs is 1. The maximum absolute atomic E-state index is 13.7. The summed E-state index contributed by atoms with van der Waals surface area (Å²) in [6, 6.07) is 9.35. The van der Waals surface area contributed by atoms with Crippen LogP contribution in [-0.2, 0) is 21.2 Å². The predicted octanol–water partition coefficient (Wildman–Crippen LogP) is 3.59. The highest BCUT2D eigenvalue weighted by Gasteiger charge is 2.36. The van der Waals surface area contributed by atoms with E-state index in [9.17, 15) is 17.6 Å². The Bertz CT molecular complexity index is 1080. The second-order valence-corrected chi connectivity index (χ2v) is 10.3. The number of ether oxygens (including phenoxy) is 1. The van der Waals surface area contributed by atoms with Gasteiger partial charge in [-0.2, -0.15) is 4.31 Å². The van der Waals surface area contributed by atoms with Gasteiger partial charge in [-0.15, -0.1) is 0 Å². The summed E-state index contributed by atoms with van der Waals surface area (Å²) >= 11 is 3.46. The van der Waals surface area contributed by atoms with Crippen molar-refractivity contribution in [1.29, 1.82) is 0 Å². The first-order valence-electron chi connectivity index (χ1n) is 9.75. The molecule has 2 aromatic rings. The number of carbonyl (C=O) groups excluding carboxylic acids is 1. The summed E-state index contributed by atoms with van der Waals surface area (Å²) in [4.78, 5) is 14.7. The summed E-state index contributed by atoms with van der Waals surface area (Å²) in [5, 5.41) is 0. The smallest absolute Gasteiger partial charge is 0.246 e. The van der Waals surface area contributed by atoms with Crippen molar-refractivity contribution in [3.05, 3.63) is 52.3 Å². The van der Waals surface area contributed by atoms with Gasteiger partial charge in [0, 0.05) is 35.7 Å². The van der Waals surface area contributed by atoms with Crippen LogP contribution in [-0.4, -0.2) is 45.4 Å². The Hall–Kier alpha value is -1.97. The highest BCUT2D eigenvalue weighted by molar-refractivity contribution is 9.10. The molecule has 0 aliphatic carbocycles. The van der Waals surface area contributed by atoms with E-state index in [4.69, 9.17) is 4.74 Å². The largest absolute Gasteiger partial charge is 0.495 e. The maximum atomic E-state index is 13.7. The molecule has 0 unspecified atom stereocenters. The Morgan fingerprint density at radius 1 is 1.13 bits per heavy atom. The summed E-state index contributed by atoms with van der Waals surface area (Å²) in [6.07, 6.45) is 1.67. The molecule has 0 aromatic heterocycles. The molecule has 2 aliphatic heterocycles. The van der Waals surface area contributed by atoms with Crippen LogP contribution < -0.4 is 9.64 Å². The van der Waals surface area contributed by atoms with E-state index in [1.54, 1.807) is 0 Å². The molecule has 6 nitrogen and oxygen atoms in total. The molecule has 4 rings (SSSR count). The number of amides is 1. The van der Waals surface area contributed by atoms with Crippen LogP contribution in [0.2, 0.25) is 0 Å². The normalized spacial score (nSPS) is 17.8. The average Bonchev–Trinajstić information content (AvgIpc) is 3.16. The zero-order valence-corrected chi connectivity index (χ0v) is 18.9. The van der Waals surface area contributed by atoms with Gasteiger partial charge in [0.05, 0.1) is 7.11 Å². The van der Waals surface area contributed by atoms with Crippen LogP contribution in [0.25, 0.3) is 0 Å². The van der Waals surface area contributed by atoms with Crippen molar-refractivity contribution in [2.45, 2.75) is 24.2 Å². The number of benzene rings is 2. The molecule has 2 heterocycles. The molecule has 1 fully saturated rings. The van der Waals surface area contributed by atoms with Gasteiger partial charge in [-0.1, -0.05) is 15.9 Å². The first kappa shape index (κ1) is 21.3. The fourth-order valence-electron chi connectivity index (χ4n) is 4.15. The number of carbonyl (C=O) groups is 1. The van der Waals surface area contributed by atoms with Crippen LogP contribution in [0.1, 0.15) is 18.4 Å². The summed E-state index contributed by atoms with van der Waals surface area (Å²) in [5.41, 5.74) is 2.07. The predicted molar refractivity (Wildman–Crippen MR) is 115 cm³/mol. The van der Waals surface area contributed by atoms with Crippen LogP contribution in [0.4, 0.5) is 10.1 Å². The molecule has 160 valence electrons. The third-order valence-electron chi connectivity index (χ3n) is 5.75. The van der Waals surface area contributed by atoms with E-state index in [1.165, 1.54) is 17.5 Å². The highest BCUT2D eigenvalue weighted by atomic mass is 79.9. The Kier molecular flexibility index (Phi) is 5.87. The van der Waals surface area contributed by atoms with E-state index in [-0.39, 0.29) is 35.6 Å². The molecule has 0 spiro atoms. The molecular formula is C21H22BrFN2O4S. The van der Waals surface area contributed by atoms with E-state index >= 15 is 0 Å². The number of rotatable bonds is 4. The van der Waals surface area contributed by atoms with Crippen LogP contribution in [0.3, 0.4) is 0 Å². The van der Waals surface area contributed by atoms with Crippen molar-refractivity contribution >= 4 is 37.5 Å². The zero-order chi connectivity index (χ0) is 21.5. The molecule has 2 aliphatic rings. The van der Waals surface area contributed by atoms with Gasteiger partial charge < -0.3 is 9.64 Å². The van der Waals surface area contributed by atoms with Crippen molar-refractivity contribution in [2.24, 2.45) is 5.92 Å². The fraction of sp³-hybridized carbons (Fsp3) is 0.381. The molecule has 0 bridgehead atoms. The van der Waals surface area contributed by atoms with Crippen molar-refractivity contribution in [3.63, 3.8) is 0 Å². The molecule has 0 radical (unpaired) electrons. The van der Waals surface area contributed by atoms with E-state index in [1.807, 2.05) is 23.1 Å². The maximum Gasteiger partial charge on any atom is 0.246 e. The quantitative estimate of drug-likeness (QED) is 0.648. The molecular weight excluding hydrogens is 475 g/mol. The first-order valence-corrected chi connectivity index (χ1v) is 12.0. The van der Waals surface area contributed by atoms with Crippen molar-refractivity contribution < 1.29 is 22.3 Å². The number of hydrogen-bond acceptors (Lipinski definition) is 4. The van der Waals surface area contributed by atoms with E-state index < -0.39 is 15.8 Å². The highest BCUT2D eigenvalue weighted by Crippen LogP contribution is 2.34. The fourth-order valence-corrected chi connectivity index (χ4v) is 6.20. The number of piperidine rings is 1. The van der Waals surface area contributed by atoms with Crippen LogP contribution in [0, 0.1) is 11.7 Å². The minimum atomic E-state index is -3.91. The number of nitrogens with zero attached hydrogens (tertiary/aromatic N) is 2. The minimum absolute atomic E-state index is 0.0384. The summed E-state index contributed by atoms with van der Waals surface area (Å²) in [7, 11) is -2.56. The topological polar surface area (TPSA) is 66.9 Å². The van der Waals surface area contributed by atoms with E-state index in [2.05, 4.69) is 15.9 Å². The van der Waals surface area contributed by atoms with Gasteiger partial charge in [0.15, 0.2) is 0 Å². The van der Waals surface area contributed by atoms with Gasteiger partial charge in [-0.05, 0) is 61.2 Å². The van der Waals surface area contributed by atoms with Gasteiger partial charge in [0.1, 0.15) is 16.5 Å². The third-order valence-corrected chi connectivity index (χ3v) is 8.16. The summed E-state index contributed by atoms with van der Waals surface area (Å²) in [6.45, 7) is 1.06. The molecule has 0 saturated carbocycles. The van der Waals surface area contributed by atoms with Crippen molar-refractivity contribution in [3.8, 4) is 5.75 Å². The Morgan fingerprint density at radius 3 is 2.57 bits per heavy atom. The molecule has 1 amide bonds. The standard InChI is InChI=1S/C21H22BrFN2O4S/c1-29-19-5-3-17(23)13-20(19)30(27,28)24-9-6-14(7-10-24)21(26)25-11-8-15-12-16(22)2-4-18(15)25/h2-5,12-14H,6-11H2,1H3. The van der Waals surface area contributed by atoms with E-state index in [0.29, 0.717) is 19.4 Å². The Labute approximate surface area is 183 Å². The molecule has 30 heavy (non-hydrogen) atoms. The molecule has 1 saturated heterocycles. The Balaban J connectivity index is 1.47. The van der Waals surface area contributed by atoms with Gasteiger partial charge in [0.2, 0.25) is 15.9 Å². The van der Waals surface area contributed by atoms with E-state index in [0.717, 1.165) is 34.3 Å². The first-order chi connectivity index (χ1) is 14.3. The lowest BCUT2D eigenvalue weighted by Gasteiger charge is -2.32. The molecule has 2 aromatic carbocycles. The van der Waals surface area contributed by atoms with Gasteiger partial charge in [-0.25, -0.2) is 12.8 Å². The molecule has 0 atom stereocenters. The Morgan fingerprint density at radius 2 is 1.87 bits per heavy atom. The lowest BCUT2D eigenvalue weighted by Crippen LogP contribution is -2.44. The SMILES string of the molecule is COc1ccc(F)cc1S(=O)(=O)N1CCC(C(=O)N2CCc3cc(Br)ccc32)CC1. The van der Waals surface area contributed by atoms with Crippen LogP contribution in [0.5, 0.6) is 5.75 Å². The monoisotopic (exact) mass is 496 g/mol. The summed E-state index contributed by atoms with van der Waals surface area (Å²) < 4.78 is 47.1.